The van der Waals surface area contributed by atoms with Crippen LogP contribution in [0.3, 0.4) is 0 Å². The van der Waals surface area contributed by atoms with E-state index in [0.29, 0.717) is 22.6 Å². The van der Waals surface area contributed by atoms with E-state index in [1.165, 1.54) is 6.08 Å². The van der Waals surface area contributed by atoms with Crippen LogP contribution in [0.4, 0.5) is 10.1 Å². The standard InChI is InChI=1S/C16H14FNO2/c1-11-7-8-15(12(2)16(11)17)20-9-13-5-3-4-6-14(13)18-10-19/h3-8H,9H2,1-2H3. The maximum Gasteiger partial charge on any atom is 0.240 e. The first-order chi connectivity index (χ1) is 9.63. The number of nitrogens with zero attached hydrogens (tertiary/aromatic N) is 1. The summed E-state index contributed by atoms with van der Waals surface area (Å²) < 4.78 is 19.4. The third-order valence-electron chi connectivity index (χ3n) is 3.07. The van der Waals surface area contributed by atoms with Crippen molar-refractivity contribution in [2.75, 3.05) is 0 Å². The molecule has 0 aromatic heterocycles. The Hall–Kier alpha value is -2.45. The summed E-state index contributed by atoms with van der Waals surface area (Å²) in [5.41, 5.74) is 2.31. The van der Waals surface area contributed by atoms with Crippen molar-refractivity contribution in [3.8, 4) is 5.75 Å². The van der Waals surface area contributed by atoms with E-state index in [4.69, 9.17) is 4.74 Å². The largest absolute Gasteiger partial charge is 0.488 e. The number of aliphatic imine (C=N–C) groups is 1. The van der Waals surface area contributed by atoms with Crippen LogP contribution in [-0.2, 0) is 11.4 Å². The zero-order chi connectivity index (χ0) is 14.5. The van der Waals surface area contributed by atoms with Crippen LogP contribution in [0.15, 0.2) is 41.4 Å². The van der Waals surface area contributed by atoms with E-state index < -0.39 is 0 Å². The number of rotatable bonds is 4. The Labute approximate surface area is 116 Å². The Balaban J connectivity index is 2.21. The number of isocyanates is 1. The molecule has 0 aliphatic carbocycles. The Morgan fingerprint density at radius 1 is 1.20 bits per heavy atom. The molecule has 4 heteroatoms. The predicted molar refractivity (Wildman–Crippen MR) is 74.4 cm³/mol. The second kappa shape index (κ2) is 6.13. The van der Waals surface area contributed by atoms with Crippen LogP contribution >= 0.6 is 0 Å². The van der Waals surface area contributed by atoms with Crippen LogP contribution in [0, 0.1) is 19.7 Å². The number of aryl methyl sites for hydroxylation is 1. The average molecular weight is 271 g/mol. The van der Waals surface area contributed by atoms with E-state index in [0.717, 1.165) is 5.56 Å². The quantitative estimate of drug-likeness (QED) is 0.623. The minimum atomic E-state index is -0.262. The molecule has 3 nitrogen and oxygen atoms in total. The first-order valence-electron chi connectivity index (χ1n) is 6.17. The van der Waals surface area contributed by atoms with Crippen LogP contribution in [0.2, 0.25) is 0 Å². The van der Waals surface area contributed by atoms with Crippen molar-refractivity contribution >= 4 is 11.8 Å². The first kappa shape index (κ1) is 14.0. The molecule has 0 amide bonds. The highest BCUT2D eigenvalue weighted by Gasteiger charge is 2.09. The summed E-state index contributed by atoms with van der Waals surface area (Å²) in [5, 5.41) is 0. The van der Waals surface area contributed by atoms with Gasteiger partial charge in [0.05, 0.1) is 5.69 Å². The molecule has 0 saturated carbocycles. The lowest BCUT2D eigenvalue weighted by Crippen LogP contribution is -1.99. The topological polar surface area (TPSA) is 38.7 Å². The number of hydrogen-bond acceptors (Lipinski definition) is 3. The fourth-order valence-corrected chi connectivity index (χ4v) is 1.91. The molecule has 0 N–H and O–H groups in total. The molecule has 0 saturated heterocycles. The molecule has 2 rings (SSSR count). The lowest BCUT2D eigenvalue weighted by Gasteiger charge is -2.11. The number of benzene rings is 2. The third kappa shape index (κ3) is 2.92. The van der Waals surface area contributed by atoms with Gasteiger partial charge in [0.1, 0.15) is 18.2 Å². The third-order valence-corrected chi connectivity index (χ3v) is 3.07. The Kier molecular flexibility index (Phi) is 4.28. The molecular formula is C16H14FNO2. The highest BCUT2D eigenvalue weighted by Crippen LogP contribution is 2.25. The number of hydrogen-bond donors (Lipinski definition) is 0. The second-order valence-electron chi connectivity index (χ2n) is 4.44. The number of halogens is 1. The van der Waals surface area contributed by atoms with Gasteiger partial charge in [0.25, 0.3) is 0 Å². The van der Waals surface area contributed by atoms with Gasteiger partial charge in [0, 0.05) is 11.1 Å². The van der Waals surface area contributed by atoms with Crippen molar-refractivity contribution in [2.45, 2.75) is 20.5 Å². The van der Waals surface area contributed by atoms with Crippen LogP contribution in [-0.4, -0.2) is 6.08 Å². The van der Waals surface area contributed by atoms with E-state index in [9.17, 15) is 9.18 Å². The molecular weight excluding hydrogens is 257 g/mol. The zero-order valence-corrected chi connectivity index (χ0v) is 11.3. The van der Waals surface area contributed by atoms with E-state index in [1.54, 1.807) is 44.2 Å². The van der Waals surface area contributed by atoms with Gasteiger partial charge in [-0.2, -0.15) is 4.99 Å². The normalized spacial score (nSPS) is 9.95. The lowest BCUT2D eigenvalue weighted by atomic mass is 10.1. The van der Waals surface area contributed by atoms with Crippen molar-refractivity contribution in [1.82, 2.24) is 0 Å². The molecule has 0 atom stereocenters. The van der Waals surface area contributed by atoms with E-state index >= 15 is 0 Å². The second-order valence-corrected chi connectivity index (χ2v) is 4.44. The Morgan fingerprint density at radius 2 is 1.95 bits per heavy atom. The fraction of sp³-hybridized carbons (Fsp3) is 0.188. The van der Waals surface area contributed by atoms with Crippen molar-refractivity contribution < 1.29 is 13.9 Å². The smallest absolute Gasteiger partial charge is 0.240 e. The van der Waals surface area contributed by atoms with Crippen molar-refractivity contribution in [3.05, 3.63) is 58.9 Å². The molecule has 0 radical (unpaired) electrons. The first-order valence-corrected chi connectivity index (χ1v) is 6.17. The number of para-hydroxylation sites is 1. The van der Waals surface area contributed by atoms with Gasteiger partial charge in [-0.1, -0.05) is 24.3 Å². The minimum absolute atomic E-state index is 0.213. The average Bonchev–Trinajstić information content (AvgIpc) is 2.46. The van der Waals surface area contributed by atoms with Crippen molar-refractivity contribution in [1.29, 1.82) is 0 Å². The summed E-state index contributed by atoms with van der Waals surface area (Å²) in [4.78, 5) is 14.0. The van der Waals surface area contributed by atoms with Gasteiger partial charge in [-0.25, -0.2) is 9.18 Å². The van der Waals surface area contributed by atoms with Crippen LogP contribution < -0.4 is 4.74 Å². The summed E-state index contributed by atoms with van der Waals surface area (Å²) >= 11 is 0. The maximum absolute atomic E-state index is 13.8. The summed E-state index contributed by atoms with van der Waals surface area (Å²) in [5.74, 6) is 0.222. The summed E-state index contributed by atoms with van der Waals surface area (Å²) in [7, 11) is 0. The Bertz CT molecular complexity index is 676. The molecule has 0 spiro atoms. The highest BCUT2D eigenvalue weighted by molar-refractivity contribution is 5.53. The molecule has 2 aromatic rings. The van der Waals surface area contributed by atoms with Crippen molar-refractivity contribution in [3.63, 3.8) is 0 Å². The van der Waals surface area contributed by atoms with Crippen LogP contribution in [0.25, 0.3) is 0 Å². The molecule has 0 fully saturated rings. The lowest BCUT2D eigenvalue weighted by molar-refractivity contribution is 0.302. The van der Waals surface area contributed by atoms with E-state index in [-0.39, 0.29) is 12.4 Å². The van der Waals surface area contributed by atoms with Gasteiger partial charge in [0.2, 0.25) is 6.08 Å². The summed E-state index contributed by atoms with van der Waals surface area (Å²) in [6, 6.07) is 10.5. The van der Waals surface area contributed by atoms with E-state index in [2.05, 4.69) is 4.99 Å². The van der Waals surface area contributed by atoms with Gasteiger partial charge in [-0.05, 0) is 31.5 Å². The van der Waals surface area contributed by atoms with Crippen LogP contribution in [0.5, 0.6) is 5.75 Å². The van der Waals surface area contributed by atoms with Crippen LogP contribution in [0.1, 0.15) is 16.7 Å². The molecule has 0 aliphatic rings. The molecule has 102 valence electrons. The fourth-order valence-electron chi connectivity index (χ4n) is 1.91. The molecule has 0 heterocycles. The molecule has 0 aliphatic heterocycles. The minimum Gasteiger partial charge on any atom is -0.488 e. The monoisotopic (exact) mass is 271 g/mol. The highest BCUT2D eigenvalue weighted by atomic mass is 19.1. The maximum atomic E-state index is 13.8. The van der Waals surface area contributed by atoms with Gasteiger partial charge >= 0.3 is 0 Å². The summed E-state index contributed by atoms with van der Waals surface area (Å²) in [6.07, 6.45) is 1.51. The Morgan fingerprint density at radius 3 is 2.70 bits per heavy atom. The molecule has 0 bridgehead atoms. The SMILES string of the molecule is Cc1ccc(OCc2ccccc2N=C=O)c(C)c1F. The van der Waals surface area contributed by atoms with Gasteiger partial charge in [0.15, 0.2) is 0 Å². The number of carbonyl (C=O) groups excluding carboxylic acids is 1. The molecule has 0 unspecified atom stereocenters. The van der Waals surface area contributed by atoms with E-state index in [1.807, 2.05) is 6.07 Å². The number of ether oxygens (including phenoxy) is 1. The molecule has 2 aromatic carbocycles. The van der Waals surface area contributed by atoms with Gasteiger partial charge < -0.3 is 4.74 Å². The van der Waals surface area contributed by atoms with Gasteiger partial charge in [-0.15, -0.1) is 0 Å². The molecule has 20 heavy (non-hydrogen) atoms. The van der Waals surface area contributed by atoms with Gasteiger partial charge in [-0.3, -0.25) is 0 Å². The predicted octanol–water partition coefficient (Wildman–Crippen LogP) is 3.99. The zero-order valence-electron chi connectivity index (χ0n) is 11.3. The summed E-state index contributed by atoms with van der Waals surface area (Å²) in [6.45, 7) is 3.60. The van der Waals surface area contributed by atoms with Crippen molar-refractivity contribution in [2.24, 2.45) is 4.99 Å².